The lowest BCUT2D eigenvalue weighted by molar-refractivity contribution is 0.158. The topological polar surface area (TPSA) is 61.8 Å². The summed E-state index contributed by atoms with van der Waals surface area (Å²) in [5.41, 5.74) is 2.60. The zero-order valence-corrected chi connectivity index (χ0v) is 12.7. The van der Waals surface area contributed by atoms with Crippen molar-refractivity contribution in [3.8, 4) is 0 Å². The molecule has 2 aliphatic heterocycles. The molecule has 1 unspecified atom stereocenters. The maximum atomic E-state index is 14.2. The minimum Gasteiger partial charge on any atom is -0.291 e. The molecule has 0 spiro atoms. The second kappa shape index (κ2) is 4.94. The molecule has 0 amide bonds. The van der Waals surface area contributed by atoms with E-state index in [0.29, 0.717) is 12.8 Å². The van der Waals surface area contributed by atoms with Crippen molar-refractivity contribution in [1.29, 1.82) is 0 Å². The molecule has 1 aliphatic carbocycles. The van der Waals surface area contributed by atoms with E-state index >= 15 is 0 Å². The second-order valence-corrected chi connectivity index (χ2v) is 8.17. The minimum atomic E-state index is -3.59. The Hall–Kier alpha value is -1.61. The fourth-order valence-electron chi connectivity index (χ4n) is 3.08. The number of benzene rings is 1. The summed E-state index contributed by atoms with van der Waals surface area (Å²) in [6.07, 6.45) is -1.45. The number of sulfone groups is 1. The van der Waals surface area contributed by atoms with Crippen LogP contribution in [0.3, 0.4) is 0 Å². The zero-order valence-electron chi connectivity index (χ0n) is 11.9. The van der Waals surface area contributed by atoms with Crippen LogP contribution in [0.25, 0.3) is 0 Å². The van der Waals surface area contributed by atoms with Gasteiger partial charge in [0.15, 0.2) is 17.8 Å². The Morgan fingerprint density at radius 2 is 2.00 bits per heavy atom. The van der Waals surface area contributed by atoms with Gasteiger partial charge in [0.25, 0.3) is 0 Å². The number of aliphatic imine (C=N–C) groups is 1. The number of hydrazine groups is 1. The van der Waals surface area contributed by atoms with E-state index in [2.05, 4.69) is 10.4 Å². The van der Waals surface area contributed by atoms with E-state index in [-0.39, 0.29) is 17.2 Å². The highest BCUT2D eigenvalue weighted by atomic mass is 32.2. The maximum absolute atomic E-state index is 14.2. The van der Waals surface area contributed by atoms with Crippen LogP contribution in [0.15, 0.2) is 23.2 Å². The van der Waals surface area contributed by atoms with Crippen molar-refractivity contribution < 1.29 is 21.6 Å². The van der Waals surface area contributed by atoms with Gasteiger partial charge in [-0.15, -0.1) is 0 Å². The van der Waals surface area contributed by atoms with Gasteiger partial charge in [-0.25, -0.2) is 26.6 Å². The molecule has 1 saturated heterocycles. The maximum Gasteiger partial charge on any atom is 0.233 e. The van der Waals surface area contributed by atoms with Crippen LogP contribution < -0.4 is 5.43 Å². The predicted molar refractivity (Wildman–Crippen MR) is 76.8 cm³/mol. The van der Waals surface area contributed by atoms with Crippen molar-refractivity contribution in [2.24, 2.45) is 4.99 Å². The quantitative estimate of drug-likeness (QED) is 0.888. The highest BCUT2D eigenvalue weighted by molar-refractivity contribution is 8.07. The van der Waals surface area contributed by atoms with Gasteiger partial charge in [-0.3, -0.25) is 5.43 Å². The van der Waals surface area contributed by atoms with E-state index in [1.807, 2.05) is 0 Å². The van der Waals surface area contributed by atoms with Crippen LogP contribution in [-0.2, 0) is 9.84 Å². The third kappa shape index (κ3) is 2.25. The van der Waals surface area contributed by atoms with Gasteiger partial charge in [0.05, 0.1) is 11.3 Å². The summed E-state index contributed by atoms with van der Waals surface area (Å²) >= 11 is 0. The van der Waals surface area contributed by atoms with Crippen molar-refractivity contribution in [2.45, 2.75) is 42.9 Å². The van der Waals surface area contributed by atoms with Gasteiger partial charge in [0.1, 0.15) is 6.17 Å². The molecule has 23 heavy (non-hydrogen) atoms. The minimum absolute atomic E-state index is 0.0112. The number of hydrogen-bond donors (Lipinski definition) is 1. The molecule has 3 atom stereocenters. The molecule has 1 aromatic carbocycles. The lowest BCUT2D eigenvalue weighted by Gasteiger charge is -2.24. The average Bonchev–Trinajstić information content (AvgIpc) is 3.20. The van der Waals surface area contributed by atoms with Crippen LogP contribution in [0.1, 0.15) is 30.9 Å². The molecule has 0 bridgehead atoms. The normalized spacial score (nSPS) is 30.9. The summed E-state index contributed by atoms with van der Waals surface area (Å²) in [6.45, 7) is 0. The van der Waals surface area contributed by atoms with E-state index < -0.39 is 45.1 Å². The Morgan fingerprint density at radius 3 is 2.70 bits per heavy atom. The number of amidine groups is 1. The fourth-order valence-corrected chi connectivity index (χ4v) is 4.64. The van der Waals surface area contributed by atoms with E-state index in [9.17, 15) is 21.6 Å². The molecule has 0 radical (unpaired) electrons. The molecule has 3 aliphatic rings. The molecule has 2 heterocycles. The molecule has 2 fully saturated rings. The Balaban J connectivity index is 1.66. The highest BCUT2D eigenvalue weighted by Gasteiger charge is 2.51. The Kier molecular flexibility index (Phi) is 3.21. The number of alkyl halides is 1. The van der Waals surface area contributed by atoms with Crippen molar-refractivity contribution in [3.05, 3.63) is 35.4 Å². The van der Waals surface area contributed by atoms with Crippen molar-refractivity contribution in [2.75, 3.05) is 0 Å². The smallest absolute Gasteiger partial charge is 0.233 e. The van der Waals surface area contributed by atoms with E-state index in [1.54, 1.807) is 0 Å². The van der Waals surface area contributed by atoms with E-state index in [1.165, 1.54) is 17.1 Å². The second-order valence-electron chi connectivity index (χ2n) is 6.02. The SMILES string of the molecule is O=S(=O)(C1=NC2[C@@H](F)C[C@@H](c3cccc(F)c3F)N2N1)C1CC1. The first-order valence-electron chi connectivity index (χ1n) is 7.34. The number of fused-ring (bicyclic) bond motifs is 1. The summed E-state index contributed by atoms with van der Waals surface area (Å²) in [6, 6.07) is 2.87. The van der Waals surface area contributed by atoms with Crippen LogP contribution in [0.5, 0.6) is 0 Å². The van der Waals surface area contributed by atoms with Crippen LogP contribution in [0.2, 0.25) is 0 Å². The first-order valence-corrected chi connectivity index (χ1v) is 8.89. The third-order valence-corrected chi connectivity index (χ3v) is 6.52. The summed E-state index contributed by atoms with van der Waals surface area (Å²) < 4.78 is 66.1. The number of halogens is 3. The molecular weight excluding hydrogens is 331 g/mol. The Labute approximate surface area is 131 Å². The third-order valence-electron chi connectivity index (χ3n) is 4.44. The predicted octanol–water partition coefficient (Wildman–Crippen LogP) is 1.83. The first-order chi connectivity index (χ1) is 10.9. The summed E-state index contributed by atoms with van der Waals surface area (Å²) in [7, 11) is -3.59. The Bertz CT molecular complexity index is 794. The van der Waals surface area contributed by atoms with E-state index in [0.717, 1.165) is 6.07 Å². The number of nitrogens with zero attached hydrogens (tertiary/aromatic N) is 2. The lowest BCUT2D eigenvalue weighted by Crippen LogP contribution is -2.43. The van der Waals surface area contributed by atoms with Gasteiger partial charge in [-0.05, 0) is 18.9 Å². The van der Waals surface area contributed by atoms with Gasteiger partial charge in [0, 0.05) is 12.0 Å². The molecule has 1 saturated carbocycles. The largest absolute Gasteiger partial charge is 0.291 e. The van der Waals surface area contributed by atoms with Crippen LogP contribution in [0, 0.1) is 11.6 Å². The van der Waals surface area contributed by atoms with Gasteiger partial charge < -0.3 is 0 Å². The van der Waals surface area contributed by atoms with Crippen molar-refractivity contribution in [1.82, 2.24) is 10.4 Å². The zero-order chi connectivity index (χ0) is 16.4. The molecule has 1 N–H and O–H groups in total. The summed E-state index contributed by atoms with van der Waals surface area (Å²) in [5.74, 6) is -2.07. The number of nitrogens with one attached hydrogen (secondary N) is 1. The monoisotopic (exact) mass is 345 g/mol. The Morgan fingerprint density at radius 1 is 1.26 bits per heavy atom. The van der Waals surface area contributed by atoms with Gasteiger partial charge >= 0.3 is 0 Å². The van der Waals surface area contributed by atoms with Crippen molar-refractivity contribution >= 4 is 15.0 Å². The van der Waals surface area contributed by atoms with Gasteiger partial charge in [-0.1, -0.05) is 12.1 Å². The molecular formula is C14H14F3N3O2S. The molecule has 0 aromatic heterocycles. The molecule has 5 nitrogen and oxygen atoms in total. The van der Waals surface area contributed by atoms with Crippen LogP contribution in [-0.4, -0.2) is 36.2 Å². The molecule has 9 heteroatoms. The van der Waals surface area contributed by atoms with Gasteiger partial charge in [0.2, 0.25) is 15.0 Å². The standard InChI is InChI=1S/C14H14F3N3O2S/c15-9-3-1-2-8(12(9)17)11-6-10(16)13-18-14(19-20(11)13)23(21,22)7-4-5-7/h1-3,7,10-11,13H,4-6H2,(H,18,19)/t10-,11-,13?/m0/s1. The summed E-state index contributed by atoms with van der Waals surface area (Å²) in [5, 5.41) is 0.531. The molecule has 124 valence electrons. The molecule has 4 rings (SSSR count). The van der Waals surface area contributed by atoms with Crippen LogP contribution >= 0.6 is 0 Å². The van der Waals surface area contributed by atoms with Gasteiger partial charge in [-0.2, -0.15) is 5.01 Å². The molecule has 1 aromatic rings. The summed E-state index contributed by atoms with van der Waals surface area (Å²) in [4.78, 5) is 3.94. The highest BCUT2D eigenvalue weighted by Crippen LogP contribution is 2.41. The fraction of sp³-hybridized carbons (Fsp3) is 0.500. The average molecular weight is 345 g/mol. The van der Waals surface area contributed by atoms with Crippen LogP contribution in [0.4, 0.5) is 13.2 Å². The first kappa shape index (κ1) is 14.9. The van der Waals surface area contributed by atoms with Crippen molar-refractivity contribution in [3.63, 3.8) is 0 Å². The lowest BCUT2D eigenvalue weighted by atomic mass is 10.0. The van der Waals surface area contributed by atoms with E-state index in [4.69, 9.17) is 0 Å². The number of rotatable bonds is 2. The number of hydrogen-bond acceptors (Lipinski definition) is 5.